The zero-order valence-corrected chi connectivity index (χ0v) is 21.5. The molecule has 0 aliphatic carbocycles. The van der Waals surface area contributed by atoms with Gasteiger partial charge in [0.15, 0.2) is 0 Å². The van der Waals surface area contributed by atoms with Crippen molar-refractivity contribution in [2.45, 2.75) is 45.4 Å². The van der Waals surface area contributed by atoms with Crippen LogP contribution >= 0.6 is 11.3 Å². The smallest absolute Gasteiger partial charge is 0.0961 e. The van der Waals surface area contributed by atoms with Crippen LogP contribution in [-0.2, 0) is 19.3 Å². The molecule has 2 heterocycles. The van der Waals surface area contributed by atoms with Crippen molar-refractivity contribution in [3.8, 4) is 6.57 Å². The molecule has 0 spiro atoms. The minimum absolute atomic E-state index is 0.905. The Bertz CT molecular complexity index is 1080. The lowest BCUT2D eigenvalue weighted by Crippen LogP contribution is -2.10. The Balaban J connectivity index is 0.00000210. The van der Waals surface area contributed by atoms with Crippen LogP contribution in [0.4, 0.5) is 5.00 Å². The van der Waals surface area contributed by atoms with E-state index in [-0.39, 0.29) is 0 Å². The molecule has 0 bridgehead atoms. The van der Waals surface area contributed by atoms with E-state index in [4.69, 9.17) is 5.26 Å². The van der Waals surface area contributed by atoms with Crippen LogP contribution in [0, 0.1) is 18.8 Å². The van der Waals surface area contributed by atoms with E-state index in [0.717, 1.165) is 31.5 Å². The highest BCUT2D eigenvalue weighted by molar-refractivity contribution is 7.16. The summed E-state index contributed by atoms with van der Waals surface area (Å²) in [5.41, 5.74) is 6.21. The number of nitrogens with zero attached hydrogens (tertiary/aromatic N) is 2. The minimum atomic E-state index is 0.905. The molecule has 35 heavy (non-hydrogen) atoms. The highest BCUT2D eigenvalue weighted by Crippen LogP contribution is 2.35. The van der Waals surface area contributed by atoms with Crippen LogP contribution < -0.4 is 10.6 Å². The van der Waals surface area contributed by atoms with Gasteiger partial charge in [0, 0.05) is 36.1 Å². The molecule has 2 aromatic heterocycles. The third kappa shape index (κ3) is 9.64. The number of unbranched alkanes of at least 4 members (excludes halogenated alkanes) is 2. The minimum Gasteiger partial charge on any atom is -0.391 e. The highest BCUT2D eigenvalue weighted by Gasteiger charge is 2.15. The van der Waals surface area contributed by atoms with Gasteiger partial charge in [-0.3, -0.25) is 4.98 Å². The van der Waals surface area contributed by atoms with Crippen molar-refractivity contribution >= 4 is 22.4 Å². The fourth-order valence-corrected chi connectivity index (χ4v) is 5.17. The van der Waals surface area contributed by atoms with Crippen LogP contribution in [0.3, 0.4) is 0 Å². The summed E-state index contributed by atoms with van der Waals surface area (Å²) in [5, 5.41) is 14.5. The highest BCUT2D eigenvalue weighted by atomic mass is 32.1. The van der Waals surface area contributed by atoms with E-state index in [0.29, 0.717) is 0 Å². The Morgan fingerprint density at radius 2 is 1.83 bits per heavy atom. The number of pyridine rings is 1. The van der Waals surface area contributed by atoms with Gasteiger partial charge in [0.2, 0.25) is 0 Å². The van der Waals surface area contributed by atoms with Crippen molar-refractivity contribution in [1.82, 2.24) is 10.3 Å². The summed E-state index contributed by atoms with van der Waals surface area (Å²) in [7, 11) is 0. The van der Waals surface area contributed by atoms with Gasteiger partial charge in [-0.2, -0.15) is 0 Å². The lowest BCUT2D eigenvalue weighted by atomic mass is 10.0. The standard InChI is InChI=1S/C29H35N3S.CHN/c1-4-30-21-19-27-24(3)29(32-23(2)17-18-25-12-7-5-8-13-25)33-28(27)16-10-6-9-14-26-15-11-20-31-22-26;1-2/h4-5,7-8,11-13,15,17-18,20,22,30,32H,1-2,6,9-10,14,16,19,21H2,3H3;1H/b18-17+;. The lowest BCUT2D eigenvalue weighted by molar-refractivity contribution is 0.678. The van der Waals surface area contributed by atoms with E-state index < -0.39 is 0 Å². The fraction of sp³-hybridized carbons (Fsp3) is 0.267. The molecule has 182 valence electrons. The number of rotatable bonds is 14. The molecule has 0 amide bonds. The lowest BCUT2D eigenvalue weighted by Gasteiger charge is -2.07. The first-order valence-electron chi connectivity index (χ1n) is 12.0. The molecule has 0 saturated heterocycles. The topological polar surface area (TPSA) is 60.7 Å². The van der Waals surface area contributed by atoms with Crippen LogP contribution in [-0.4, -0.2) is 11.5 Å². The first-order chi connectivity index (χ1) is 17.2. The van der Waals surface area contributed by atoms with Crippen LogP contribution in [0.25, 0.3) is 6.08 Å². The number of thiophene rings is 1. The van der Waals surface area contributed by atoms with Gasteiger partial charge < -0.3 is 10.6 Å². The summed E-state index contributed by atoms with van der Waals surface area (Å²) in [4.78, 5) is 5.70. The number of aromatic nitrogens is 1. The normalized spacial score (nSPS) is 10.4. The predicted molar refractivity (Wildman–Crippen MR) is 151 cm³/mol. The van der Waals surface area contributed by atoms with Crippen LogP contribution in [0.2, 0.25) is 0 Å². The molecule has 0 atom stereocenters. The largest absolute Gasteiger partial charge is 0.391 e. The van der Waals surface area contributed by atoms with Gasteiger partial charge in [0.05, 0.1) is 5.00 Å². The van der Waals surface area contributed by atoms with Crippen molar-refractivity contribution in [3.63, 3.8) is 0 Å². The maximum Gasteiger partial charge on any atom is 0.0961 e. The van der Waals surface area contributed by atoms with Gasteiger partial charge in [-0.15, -0.1) is 11.3 Å². The van der Waals surface area contributed by atoms with Gasteiger partial charge in [0.25, 0.3) is 0 Å². The molecule has 4 nitrogen and oxygen atoms in total. The summed E-state index contributed by atoms with van der Waals surface area (Å²) in [6.07, 6.45) is 16.6. The summed E-state index contributed by atoms with van der Waals surface area (Å²) in [6.45, 7) is 14.6. The van der Waals surface area contributed by atoms with Crippen LogP contribution in [0.5, 0.6) is 0 Å². The molecule has 0 aliphatic heterocycles. The zero-order chi connectivity index (χ0) is 25.3. The van der Waals surface area contributed by atoms with Gasteiger partial charge in [-0.25, -0.2) is 5.26 Å². The molecule has 1 aromatic carbocycles. The van der Waals surface area contributed by atoms with Gasteiger partial charge in [0.1, 0.15) is 0 Å². The number of hydrogen-bond donors (Lipinski definition) is 2. The maximum atomic E-state index is 6.50. The van der Waals surface area contributed by atoms with Crippen molar-refractivity contribution in [2.75, 3.05) is 11.9 Å². The van der Waals surface area contributed by atoms with E-state index in [1.807, 2.05) is 54.1 Å². The summed E-state index contributed by atoms with van der Waals surface area (Å²) < 4.78 is 0. The van der Waals surface area contributed by atoms with Crippen molar-refractivity contribution in [3.05, 3.63) is 113 Å². The average Bonchev–Trinajstić information content (AvgIpc) is 3.19. The molecule has 0 radical (unpaired) electrons. The monoisotopic (exact) mass is 484 g/mol. The Morgan fingerprint density at radius 3 is 2.54 bits per heavy atom. The second-order valence-electron chi connectivity index (χ2n) is 8.18. The second kappa shape index (κ2) is 16.1. The molecular weight excluding hydrogens is 448 g/mol. The summed E-state index contributed by atoms with van der Waals surface area (Å²) in [6, 6.07) is 14.5. The molecular formula is C30H36N4S. The summed E-state index contributed by atoms with van der Waals surface area (Å²) >= 11 is 1.88. The quantitative estimate of drug-likeness (QED) is 0.184. The number of hydrogen-bond acceptors (Lipinski definition) is 5. The number of nitriles is 1. The Kier molecular flexibility index (Phi) is 12.7. The van der Waals surface area contributed by atoms with Crippen molar-refractivity contribution in [1.29, 1.82) is 5.26 Å². The fourth-order valence-electron chi connectivity index (χ4n) is 3.84. The van der Waals surface area contributed by atoms with Crippen LogP contribution in [0.1, 0.15) is 46.4 Å². The van der Waals surface area contributed by atoms with E-state index in [9.17, 15) is 0 Å². The number of allylic oxidation sites excluding steroid dienone is 1. The Labute approximate surface area is 214 Å². The molecule has 0 fully saturated rings. The van der Waals surface area contributed by atoms with Gasteiger partial charge in [-0.1, -0.05) is 62.1 Å². The number of aryl methyl sites for hydroxylation is 2. The number of nitrogens with one attached hydrogen (secondary N) is 2. The average molecular weight is 485 g/mol. The van der Waals surface area contributed by atoms with Crippen LogP contribution in [0.15, 0.2) is 86.0 Å². The number of benzene rings is 1. The van der Waals surface area contributed by atoms with Gasteiger partial charge >= 0.3 is 0 Å². The first kappa shape index (κ1) is 27.6. The third-order valence-corrected chi connectivity index (χ3v) is 6.97. The van der Waals surface area contributed by atoms with E-state index in [1.165, 1.54) is 51.4 Å². The van der Waals surface area contributed by atoms with Crippen molar-refractivity contribution in [2.24, 2.45) is 0 Å². The number of anilines is 1. The molecule has 0 unspecified atom stereocenters. The Hall–Kier alpha value is -3.62. The predicted octanol–water partition coefficient (Wildman–Crippen LogP) is 7.46. The van der Waals surface area contributed by atoms with E-state index >= 15 is 0 Å². The SMILES string of the molecule is C#N.C=CNCCc1c(CCCCCc2cccnc2)sc(NC(=C)/C=C/c2ccccc2)c1C. The molecule has 3 rings (SSSR count). The zero-order valence-electron chi connectivity index (χ0n) is 20.7. The third-order valence-electron chi connectivity index (χ3n) is 5.66. The van der Waals surface area contributed by atoms with Crippen molar-refractivity contribution < 1.29 is 0 Å². The van der Waals surface area contributed by atoms with E-state index in [1.54, 1.807) is 6.20 Å². The molecule has 0 saturated carbocycles. The first-order valence-corrected chi connectivity index (χ1v) is 12.8. The molecule has 0 aliphatic rings. The molecule has 3 aromatic rings. The maximum absolute atomic E-state index is 6.50. The second-order valence-corrected chi connectivity index (χ2v) is 9.29. The van der Waals surface area contributed by atoms with E-state index in [2.05, 4.69) is 66.5 Å². The van der Waals surface area contributed by atoms with Gasteiger partial charge in [-0.05, 0) is 79.6 Å². The summed E-state index contributed by atoms with van der Waals surface area (Å²) in [5.74, 6) is 0. The Morgan fingerprint density at radius 1 is 1.06 bits per heavy atom. The molecule has 5 heteroatoms. The molecule has 2 N–H and O–H groups in total.